The zero-order valence-electron chi connectivity index (χ0n) is 10.2. The van der Waals surface area contributed by atoms with Gasteiger partial charge in [-0.2, -0.15) is 0 Å². The average molecular weight is 237 g/mol. The van der Waals surface area contributed by atoms with Crippen LogP contribution in [0.4, 0.5) is 11.4 Å². The van der Waals surface area contributed by atoms with Gasteiger partial charge in [-0.15, -0.1) is 0 Å². The van der Waals surface area contributed by atoms with E-state index in [0.717, 1.165) is 5.69 Å². The molecule has 5 heteroatoms. The van der Waals surface area contributed by atoms with Crippen molar-refractivity contribution < 1.29 is 9.53 Å². The molecule has 0 radical (unpaired) electrons. The molecule has 0 spiro atoms. The summed E-state index contributed by atoms with van der Waals surface area (Å²) in [5, 5.41) is 5.89. The summed E-state index contributed by atoms with van der Waals surface area (Å²) in [6, 6.07) is 5.23. The first-order valence-corrected chi connectivity index (χ1v) is 5.59. The molecule has 0 atom stereocenters. The maximum Gasteiger partial charge on any atom is 0.253 e. The Morgan fingerprint density at radius 1 is 1.47 bits per heavy atom. The molecule has 0 bridgehead atoms. The zero-order valence-corrected chi connectivity index (χ0v) is 10.2. The minimum absolute atomic E-state index is 0.125. The van der Waals surface area contributed by atoms with Gasteiger partial charge in [0.15, 0.2) is 0 Å². The van der Waals surface area contributed by atoms with Crippen LogP contribution in [0.3, 0.4) is 0 Å². The second-order valence-corrected chi connectivity index (χ2v) is 3.58. The summed E-state index contributed by atoms with van der Waals surface area (Å²) in [7, 11) is 1.63. The number of nitrogens with one attached hydrogen (secondary N) is 2. The van der Waals surface area contributed by atoms with E-state index in [1.807, 2.05) is 6.92 Å². The lowest BCUT2D eigenvalue weighted by atomic mass is 10.1. The Morgan fingerprint density at radius 3 is 2.88 bits per heavy atom. The Balaban J connectivity index is 2.83. The number of ether oxygens (including phenoxy) is 1. The molecule has 0 aliphatic carbocycles. The molecule has 5 nitrogen and oxygen atoms in total. The van der Waals surface area contributed by atoms with Crippen LogP contribution < -0.4 is 16.4 Å². The number of nitrogens with two attached hydrogens (primary N) is 1. The van der Waals surface area contributed by atoms with Gasteiger partial charge >= 0.3 is 0 Å². The van der Waals surface area contributed by atoms with Crippen molar-refractivity contribution in [2.45, 2.75) is 6.92 Å². The van der Waals surface area contributed by atoms with Crippen molar-refractivity contribution in [3.63, 3.8) is 0 Å². The molecule has 0 fully saturated rings. The quantitative estimate of drug-likeness (QED) is 0.511. The van der Waals surface area contributed by atoms with Crippen LogP contribution in [0.25, 0.3) is 0 Å². The lowest BCUT2D eigenvalue weighted by molar-refractivity contribution is 0.0956. The van der Waals surface area contributed by atoms with Gasteiger partial charge in [-0.05, 0) is 25.1 Å². The van der Waals surface area contributed by atoms with Crippen molar-refractivity contribution in [2.75, 3.05) is 37.9 Å². The van der Waals surface area contributed by atoms with Crippen LogP contribution in [0.15, 0.2) is 18.2 Å². The Hall–Kier alpha value is -1.75. The van der Waals surface area contributed by atoms with Crippen molar-refractivity contribution in [1.82, 2.24) is 5.32 Å². The van der Waals surface area contributed by atoms with Crippen LogP contribution in [0.2, 0.25) is 0 Å². The van der Waals surface area contributed by atoms with Gasteiger partial charge in [-0.25, -0.2) is 0 Å². The maximum absolute atomic E-state index is 11.8. The molecule has 0 aromatic heterocycles. The predicted molar refractivity (Wildman–Crippen MR) is 69.2 cm³/mol. The molecule has 1 amide bonds. The largest absolute Gasteiger partial charge is 0.399 e. The Labute approximate surface area is 101 Å². The lowest BCUT2D eigenvalue weighted by Gasteiger charge is -2.12. The van der Waals surface area contributed by atoms with Gasteiger partial charge < -0.3 is 21.1 Å². The summed E-state index contributed by atoms with van der Waals surface area (Å²) in [6.07, 6.45) is 0. The Kier molecular flexibility index (Phi) is 5.29. The van der Waals surface area contributed by atoms with Gasteiger partial charge in [-0.3, -0.25) is 4.79 Å². The minimum Gasteiger partial charge on any atom is -0.399 e. The standard InChI is InChI=1S/C12H19N3O2/c1-3-14-12(16)10-8-9(13)4-5-11(10)15-6-7-17-2/h4-5,8,15H,3,6-7,13H2,1-2H3,(H,14,16). The molecule has 0 heterocycles. The van der Waals surface area contributed by atoms with E-state index in [4.69, 9.17) is 10.5 Å². The minimum atomic E-state index is -0.125. The molecule has 1 aromatic carbocycles. The Morgan fingerprint density at radius 2 is 2.24 bits per heavy atom. The lowest BCUT2D eigenvalue weighted by Crippen LogP contribution is -2.24. The second-order valence-electron chi connectivity index (χ2n) is 3.58. The molecule has 0 unspecified atom stereocenters. The number of benzene rings is 1. The topological polar surface area (TPSA) is 76.4 Å². The highest BCUT2D eigenvalue weighted by Gasteiger charge is 2.10. The molecule has 1 rings (SSSR count). The van der Waals surface area contributed by atoms with Gasteiger partial charge in [0.2, 0.25) is 0 Å². The van der Waals surface area contributed by atoms with E-state index in [1.54, 1.807) is 25.3 Å². The van der Waals surface area contributed by atoms with Crippen LogP contribution in [0, 0.1) is 0 Å². The number of hydrogen-bond acceptors (Lipinski definition) is 4. The van der Waals surface area contributed by atoms with Crippen molar-refractivity contribution in [3.8, 4) is 0 Å². The van der Waals surface area contributed by atoms with Crippen LogP contribution in [-0.2, 0) is 4.74 Å². The van der Waals surface area contributed by atoms with E-state index >= 15 is 0 Å². The normalized spacial score (nSPS) is 10.0. The molecule has 0 aliphatic rings. The van der Waals surface area contributed by atoms with Crippen LogP contribution in [0.1, 0.15) is 17.3 Å². The first-order valence-electron chi connectivity index (χ1n) is 5.59. The highest BCUT2D eigenvalue weighted by Crippen LogP contribution is 2.18. The highest BCUT2D eigenvalue weighted by atomic mass is 16.5. The summed E-state index contributed by atoms with van der Waals surface area (Å²) < 4.78 is 4.95. The monoisotopic (exact) mass is 237 g/mol. The fourth-order valence-corrected chi connectivity index (χ4v) is 1.45. The summed E-state index contributed by atoms with van der Waals surface area (Å²) in [5.74, 6) is -0.125. The summed E-state index contributed by atoms with van der Waals surface area (Å²) in [5.41, 5.74) is 7.58. The van der Waals surface area contributed by atoms with Crippen LogP contribution in [-0.4, -0.2) is 32.7 Å². The predicted octanol–water partition coefficient (Wildman–Crippen LogP) is 1.08. The van der Waals surface area contributed by atoms with E-state index in [0.29, 0.717) is 30.9 Å². The molecule has 17 heavy (non-hydrogen) atoms. The number of carbonyl (C=O) groups is 1. The van der Waals surface area contributed by atoms with Crippen LogP contribution in [0.5, 0.6) is 0 Å². The number of nitrogen functional groups attached to an aromatic ring is 1. The van der Waals surface area contributed by atoms with Gasteiger partial charge in [0.1, 0.15) is 0 Å². The third kappa shape index (κ3) is 3.96. The SMILES string of the molecule is CCNC(=O)c1cc(N)ccc1NCCOC. The van der Waals surface area contributed by atoms with Crippen molar-refractivity contribution in [3.05, 3.63) is 23.8 Å². The van der Waals surface area contributed by atoms with Crippen molar-refractivity contribution >= 4 is 17.3 Å². The van der Waals surface area contributed by atoms with E-state index in [9.17, 15) is 4.79 Å². The van der Waals surface area contributed by atoms with Crippen molar-refractivity contribution in [1.29, 1.82) is 0 Å². The molecule has 0 saturated carbocycles. The van der Waals surface area contributed by atoms with E-state index < -0.39 is 0 Å². The van der Waals surface area contributed by atoms with E-state index in [1.165, 1.54) is 0 Å². The smallest absolute Gasteiger partial charge is 0.253 e. The summed E-state index contributed by atoms with van der Waals surface area (Å²) in [4.78, 5) is 11.8. The third-order valence-corrected chi connectivity index (χ3v) is 2.25. The third-order valence-electron chi connectivity index (χ3n) is 2.25. The molecule has 4 N–H and O–H groups in total. The number of anilines is 2. The molecule has 1 aromatic rings. The van der Waals surface area contributed by atoms with Gasteiger partial charge in [0.05, 0.1) is 12.2 Å². The van der Waals surface area contributed by atoms with Crippen molar-refractivity contribution in [2.24, 2.45) is 0 Å². The van der Waals surface area contributed by atoms with Gasteiger partial charge in [0, 0.05) is 31.6 Å². The number of methoxy groups -OCH3 is 1. The van der Waals surface area contributed by atoms with E-state index in [2.05, 4.69) is 10.6 Å². The van der Waals surface area contributed by atoms with Gasteiger partial charge in [-0.1, -0.05) is 0 Å². The number of carbonyl (C=O) groups excluding carboxylic acids is 1. The first-order chi connectivity index (χ1) is 8.19. The average Bonchev–Trinajstić information content (AvgIpc) is 2.31. The van der Waals surface area contributed by atoms with Crippen LogP contribution >= 0.6 is 0 Å². The molecular weight excluding hydrogens is 218 g/mol. The fourth-order valence-electron chi connectivity index (χ4n) is 1.45. The first kappa shape index (κ1) is 13.3. The van der Waals surface area contributed by atoms with E-state index in [-0.39, 0.29) is 5.91 Å². The number of amides is 1. The summed E-state index contributed by atoms with van der Waals surface area (Å²) in [6.45, 7) is 3.69. The fraction of sp³-hybridized carbons (Fsp3) is 0.417. The molecular formula is C12H19N3O2. The highest BCUT2D eigenvalue weighted by molar-refractivity contribution is 6.00. The second kappa shape index (κ2) is 6.75. The number of rotatable bonds is 6. The number of hydrogen-bond donors (Lipinski definition) is 3. The maximum atomic E-state index is 11.8. The summed E-state index contributed by atoms with van der Waals surface area (Å²) >= 11 is 0. The molecule has 0 aliphatic heterocycles. The molecule has 0 saturated heterocycles. The zero-order chi connectivity index (χ0) is 12.7. The van der Waals surface area contributed by atoms with Gasteiger partial charge in [0.25, 0.3) is 5.91 Å². The Bertz CT molecular complexity index is 380. The molecule has 94 valence electrons.